The van der Waals surface area contributed by atoms with E-state index < -0.39 is 36.3 Å². The molecule has 24 heavy (non-hydrogen) atoms. The van der Waals surface area contributed by atoms with E-state index in [1.165, 1.54) is 18.4 Å². The van der Waals surface area contributed by atoms with Crippen LogP contribution in [-0.4, -0.2) is 40.9 Å². The van der Waals surface area contributed by atoms with E-state index in [4.69, 9.17) is 10.5 Å². The van der Waals surface area contributed by atoms with Crippen LogP contribution < -0.4 is 10.7 Å². The maximum atomic E-state index is 13.2. The molecular weight excluding hydrogens is 327 g/mol. The molecule has 0 bridgehead atoms. The Bertz CT molecular complexity index is 759. The SMILES string of the molecule is N=C(/C(CNC(=O)c1cnc(O)c(F)c1)=C1/C=CC=NN1)C(F)F. The van der Waals surface area contributed by atoms with E-state index in [0.29, 0.717) is 0 Å². The minimum atomic E-state index is -3.04. The van der Waals surface area contributed by atoms with Gasteiger partial charge in [0.05, 0.1) is 11.3 Å². The molecule has 0 unspecified atom stereocenters. The molecule has 0 aromatic carbocycles. The van der Waals surface area contributed by atoms with Gasteiger partial charge >= 0.3 is 0 Å². The average molecular weight is 339 g/mol. The van der Waals surface area contributed by atoms with Crippen molar-refractivity contribution >= 4 is 17.8 Å². The summed E-state index contributed by atoms with van der Waals surface area (Å²) in [5.41, 5.74) is 1.25. The number of carbonyl (C=O) groups is 1. The van der Waals surface area contributed by atoms with Crippen LogP contribution in [0.25, 0.3) is 0 Å². The minimum Gasteiger partial charge on any atom is -0.491 e. The van der Waals surface area contributed by atoms with Gasteiger partial charge in [-0.3, -0.25) is 15.6 Å². The minimum absolute atomic E-state index is 0.137. The van der Waals surface area contributed by atoms with Crippen LogP contribution in [0, 0.1) is 11.2 Å². The number of nitrogens with one attached hydrogen (secondary N) is 3. The number of alkyl halides is 2. The first-order chi connectivity index (χ1) is 11.4. The summed E-state index contributed by atoms with van der Waals surface area (Å²) >= 11 is 0. The highest BCUT2D eigenvalue weighted by atomic mass is 19.3. The molecule has 1 aromatic rings. The summed E-state index contributed by atoms with van der Waals surface area (Å²) in [4.78, 5) is 15.2. The second kappa shape index (κ2) is 7.40. The molecule has 1 aliphatic rings. The maximum absolute atomic E-state index is 13.2. The number of allylic oxidation sites excluding steroid dienone is 2. The van der Waals surface area contributed by atoms with E-state index in [1.807, 2.05) is 0 Å². The molecule has 0 saturated heterocycles. The molecule has 1 aliphatic heterocycles. The van der Waals surface area contributed by atoms with Crippen LogP contribution in [0.5, 0.6) is 5.88 Å². The Morgan fingerprint density at radius 2 is 2.21 bits per heavy atom. The van der Waals surface area contributed by atoms with Crippen molar-refractivity contribution in [1.29, 1.82) is 5.41 Å². The number of hydrogen-bond donors (Lipinski definition) is 4. The summed E-state index contributed by atoms with van der Waals surface area (Å²) in [7, 11) is 0. The largest absolute Gasteiger partial charge is 0.491 e. The predicted octanol–water partition coefficient (Wildman–Crippen LogP) is 1.34. The van der Waals surface area contributed by atoms with Gasteiger partial charge in [0.1, 0.15) is 5.71 Å². The highest BCUT2D eigenvalue weighted by molar-refractivity contribution is 6.03. The number of halogens is 3. The van der Waals surface area contributed by atoms with Crippen LogP contribution in [0.2, 0.25) is 0 Å². The highest BCUT2D eigenvalue weighted by Crippen LogP contribution is 2.14. The van der Waals surface area contributed by atoms with Gasteiger partial charge < -0.3 is 10.4 Å². The summed E-state index contributed by atoms with van der Waals surface area (Å²) in [6, 6.07) is 0.756. The molecular formula is C14H12F3N5O2. The smallest absolute Gasteiger partial charge is 0.280 e. The summed E-state index contributed by atoms with van der Waals surface area (Å²) in [5, 5.41) is 22.4. The fourth-order valence-electron chi connectivity index (χ4n) is 1.79. The normalized spacial score (nSPS) is 15.2. The second-order valence-corrected chi connectivity index (χ2v) is 4.57. The molecule has 7 nitrogen and oxygen atoms in total. The molecule has 1 amide bonds. The summed E-state index contributed by atoms with van der Waals surface area (Å²) in [6.45, 7) is -0.410. The standard InChI is InChI=1S/C14H12F3N5O2/c15-9-4-7(5-19-14(9)24)13(23)20-6-8(11(18)12(16)17)10-2-1-3-21-22-10/h1-5,12,18,22H,6H2,(H,19,24)(H,20,23)/b10-8-,18-11?. The van der Waals surface area contributed by atoms with Crippen LogP contribution in [0.15, 0.2) is 40.8 Å². The molecule has 0 aliphatic carbocycles. The van der Waals surface area contributed by atoms with Crippen molar-refractivity contribution in [2.24, 2.45) is 5.10 Å². The van der Waals surface area contributed by atoms with E-state index in [1.54, 1.807) is 0 Å². The first-order valence-corrected chi connectivity index (χ1v) is 6.58. The molecule has 0 fully saturated rings. The first kappa shape index (κ1) is 17.2. The highest BCUT2D eigenvalue weighted by Gasteiger charge is 2.21. The van der Waals surface area contributed by atoms with Gasteiger partial charge in [-0.25, -0.2) is 18.2 Å². The van der Waals surface area contributed by atoms with Gasteiger partial charge in [0.2, 0.25) is 5.88 Å². The van der Waals surface area contributed by atoms with Gasteiger partial charge in [-0.2, -0.15) is 5.10 Å². The third kappa shape index (κ3) is 3.97. The van der Waals surface area contributed by atoms with Crippen molar-refractivity contribution in [3.05, 3.63) is 47.1 Å². The van der Waals surface area contributed by atoms with Crippen LogP contribution in [0.1, 0.15) is 10.4 Å². The third-order valence-electron chi connectivity index (χ3n) is 2.99. The van der Waals surface area contributed by atoms with Crippen molar-refractivity contribution < 1.29 is 23.1 Å². The first-order valence-electron chi connectivity index (χ1n) is 6.58. The number of aromatic hydroxyl groups is 1. The number of aromatic nitrogens is 1. The zero-order chi connectivity index (χ0) is 17.7. The van der Waals surface area contributed by atoms with Crippen LogP contribution in [0.4, 0.5) is 13.2 Å². The fraction of sp³-hybridized carbons (Fsp3) is 0.143. The van der Waals surface area contributed by atoms with Crippen LogP contribution in [0.3, 0.4) is 0 Å². The average Bonchev–Trinajstić information content (AvgIpc) is 2.58. The molecule has 0 atom stereocenters. The molecule has 1 aromatic heterocycles. The van der Waals surface area contributed by atoms with Crippen molar-refractivity contribution in [2.45, 2.75) is 6.43 Å². The summed E-state index contributed by atoms with van der Waals surface area (Å²) in [5.74, 6) is -2.75. The van der Waals surface area contributed by atoms with E-state index in [2.05, 4.69) is 20.8 Å². The molecule has 0 saturated carbocycles. The lowest BCUT2D eigenvalue weighted by Gasteiger charge is -2.15. The number of pyridine rings is 1. The molecule has 2 rings (SSSR count). The quantitative estimate of drug-likeness (QED) is 0.607. The van der Waals surface area contributed by atoms with Crippen LogP contribution in [-0.2, 0) is 0 Å². The van der Waals surface area contributed by atoms with Gasteiger partial charge in [0.15, 0.2) is 5.82 Å². The van der Waals surface area contributed by atoms with E-state index in [0.717, 1.165) is 12.3 Å². The lowest BCUT2D eigenvalue weighted by molar-refractivity contribution is 0.0956. The van der Waals surface area contributed by atoms with E-state index in [-0.39, 0.29) is 16.8 Å². The second-order valence-electron chi connectivity index (χ2n) is 4.57. The Labute approximate surface area is 134 Å². The Morgan fingerprint density at radius 1 is 1.46 bits per heavy atom. The Kier molecular flexibility index (Phi) is 5.30. The Balaban J connectivity index is 2.17. The van der Waals surface area contributed by atoms with Gasteiger partial charge in [-0.05, 0) is 18.2 Å². The number of nitrogens with zero attached hydrogens (tertiary/aromatic N) is 2. The predicted molar refractivity (Wildman–Crippen MR) is 79.7 cm³/mol. The lowest BCUT2D eigenvalue weighted by Crippen LogP contribution is -2.32. The topological polar surface area (TPSA) is 110 Å². The molecule has 4 N–H and O–H groups in total. The summed E-state index contributed by atoms with van der Waals surface area (Å²) in [6.07, 6.45) is 2.18. The number of hydrogen-bond acceptors (Lipinski definition) is 6. The molecule has 10 heteroatoms. The monoisotopic (exact) mass is 339 g/mol. The molecule has 2 heterocycles. The van der Waals surface area contributed by atoms with E-state index in [9.17, 15) is 18.0 Å². The van der Waals surface area contributed by atoms with Gasteiger partial charge in [-0.15, -0.1) is 0 Å². The van der Waals surface area contributed by atoms with Crippen molar-refractivity contribution in [3.8, 4) is 5.88 Å². The maximum Gasteiger partial charge on any atom is 0.280 e. The van der Waals surface area contributed by atoms with Crippen LogP contribution >= 0.6 is 0 Å². The zero-order valence-electron chi connectivity index (χ0n) is 12.1. The molecule has 0 spiro atoms. The fourth-order valence-corrected chi connectivity index (χ4v) is 1.79. The lowest BCUT2D eigenvalue weighted by atomic mass is 10.1. The molecule has 0 radical (unpaired) electrons. The zero-order valence-corrected chi connectivity index (χ0v) is 12.1. The van der Waals surface area contributed by atoms with Crippen molar-refractivity contribution in [1.82, 2.24) is 15.7 Å². The number of carbonyl (C=O) groups excluding carboxylic acids is 1. The van der Waals surface area contributed by atoms with E-state index >= 15 is 0 Å². The summed E-state index contributed by atoms with van der Waals surface area (Å²) < 4.78 is 38.9. The number of amides is 1. The third-order valence-corrected chi connectivity index (χ3v) is 2.99. The number of hydrazone groups is 1. The molecule has 126 valence electrons. The number of rotatable bonds is 5. The van der Waals surface area contributed by atoms with Gasteiger partial charge in [0.25, 0.3) is 12.3 Å². The Hall–Kier alpha value is -3.17. The Morgan fingerprint density at radius 3 is 2.79 bits per heavy atom. The van der Waals surface area contributed by atoms with Gasteiger partial charge in [-0.1, -0.05) is 0 Å². The van der Waals surface area contributed by atoms with Gasteiger partial charge in [0, 0.05) is 24.5 Å². The van der Waals surface area contributed by atoms with Crippen molar-refractivity contribution in [3.63, 3.8) is 0 Å². The van der Waals surface area contributed by atoms with Crippen molar-refractivity contribution in [2.75, 3.05) is 6.54 Å².